The summed E-state index contributed by atoms with van der Waals surface area (Å²) >= 11 is 5.51. The fourth-order valence-corrected chi connectivity index (χ4v) is 1.24. The fraction of sp³-hybridized carbons (Fsp3) is 0.556. The number of carbonyl (C=O) groups excluding carboxylic acids is 1. The predicted molar refractivity (Wildman–Crippen MR) is 56.5 cm³/mol. The molecule has 0 aliphatic rings. The monoisotopic (exact) mass is 215 g/mol. The average Bonchev–Trinajstić information content (AvgIpc) is 2.52. The number of hydrogen-bond acceptors (Lipinski definition) is 2. The molecule has 1 heterocycles. The first-order valence-corrected chi connectivity index (χ1v) is 5.13. The zero-order valence-corrected chi connectivity index (χ0v) is 8.90. The van der Waals surface area contributed by atoms with Crippen molar-refractivity contribution in [2.75, 3.05) is 11.2 Å². The molecule has 0 radical (unpaired) electrons. The van der Waals surface area contributed by atoms with E-state index in [9.17, 15) is 4.79 Å². The van der Waals surface area contributed by atoms with Crippen molar-refractivity contribution in [3.63, 3.8) is 0 Å². The van der Waals surface area contributed by atoms with Gasteiger partial charge in [-0.3, -0.25) is 9.89 Å². The largest absolute Gasteiger partial charge is 0.311 e. The molecule has 0 unspecified atom stereocenters. The summed E-state index contributed by atoms with van der Waals surface area (Å²) in [5, 5.41) is 9.28. The van der Waals surface area contributed by atoms with E-state index in [1.807, 2.05) is 6.92 Å². The average molecular weight is 216 g/mol. The Bertz CT molecular complexity index is 298. The van der Waals surface area contributed by atoms with Gasteiger partial charge in [-0.25, -0.2) is 0 Å². The minimum Gasteiger partial charge on any atom is -0.311 e. The van der Waals surface area contributed by atoms with Gasteiger partial charge >= 0.3 is 0 Å². The van der Waals surface area contributed by atoms with Gasteiger partial charge in [-0.15, -0.1) is 11.6 Å². The number of aromatic amines is 1. The Hall–Kier alpha value is -1.03. The van der Waals surface area contributed by atoms with E-state index < -0.39 is 0 Å². The molecule has 2 N–H and O–H groups in total. The van der Waals surface area contributed by atoms with Crippen molar-refractivity contribution in [3.8, 4) is 0 Å². The molecule has 0 saturated heterocycles. The van der Waals surface area contributed by atoms with Gasteiger partial charge in [0.05, 0.1) is 6.20 Å². The summed E-state index contributed by atoms with van der Waals surface area (Å²) in [6.07, 6.45) is 3.87. The number of aromatic nitrogens is 2. The van der Waals surface area contributed by atoms with E-state index in [1.54, 1.807) is 6.20 Å². The third kappa shape index (κ3) is 3.38. The van der Waals surface area contributed by atoms with E-state index in [-0.39, 0.29) is 5.91 Å². The summed E-state index contributed by atoms with van der Waals surface area (Å²) < 4.78 is 0. The first kappa shape index (κ1) is 11.0. The van der Waals surface area contributed by atoms with Crippen LogP contribution in [-0.2, 0) is 4.79 Å². The van der Waals surface area contributed by atoms with Crippen molar-refractivity contribution in [2.24, 2.45) is 0 Å². The summed E-state index contributed by atoms with van der Waals surface area (Å²) in [6.45, 7) is 1.89. The first-order valence-electron chi connectivity index (χ1n) is 4.60. The maximum atomic E-state index is 11.3. The van der Waals surface area contributed by atoms with Gasteiger partial charge in [0.25, 0.3) is 0 Å². The molecule has 0 aromatic carbocycles. The normalized spacial score (nSPS) is 10.1. The van der Waals surface area contributed by atoms with E-state index in [2.05, 4.69) is 15.5 Å². The number of alkyl halides is 1. The smallest absolute Gasteiger partial charge is 0.225 e. The molecule has 0 aliphatic carbocycles. The van der Waals surface area contributed by atoms with Crippen LogP contribution in [0.2, 0.25) is 0 Å². The summed E-state index contributed by atoms with van der Waals surface area (Å²) in [7, 11) is 0. The van der Waals surface area contributed by atoms with Crippen LogP contribution in [0.5, 0.6) is 0 Å². The van der Waals surface area contributed by atoms with Crippen molar-refractivity contribution < 1.29 is 4.79 Å². The Morgan fingerprint density at radius 2 is 2.43 bits per heavy atom. The number of nitrogens with zero attached hydrogens (tertiary/aromatic N) is 1. The van der Waals surface area contributed by atoms with Crippen molar-refractivity contribution in [1.82, 2.24) is 10.2 Å². The summed E-state index contributed by atoms with van der Waals surface area (Å²) in [4.78, 5) is 11.3. The second kappa shape index (κ2) is 5.65. The van der Waals surface area contributed by atoms with Crippen LogP contribution in [0, 0.1) is 6.92 Å². The molecule has 0 atom stereocenters. The lowest BCUT2D eigenvalue weighted by atomic mass is 10.2. The molecule has 0 bridgehead atoms. The van der Waals surface area contributed by atoms with Gasteiger partial charge in [0.2, 0.25) is 5.91 Å². The third-order valence-corrected chi connectivity index (χ3v) is 2.15. The Kier molecular flexibility index (Phi) is 4.46. The van der Waals surface area contributed by atoms with Crippen molar-refractivity contribution in [2.45, 2.75) is 26.2 Å². The molecule has 1 amide bonds. The number of nitrogens with one attached hydrogen (secondary N) is 2. The van der Waals surface area contributed by atoms with Crippen LogP contribution in [0.1, 0.15) is 24.8 Å². The van der Waals surface area contributed by atoms with E-state index >= 15 is 0 Å². The molecule has 0 spiro atoms. The number of H-pyrrole nitrogens is 1. The minimum absolute atomic E-state index is 0.00228. The number of hydrogen-bond donors (Lipinski definition) is 2. The predicted octanol–water partition coefficient (Wildman–Crippen LogP) is 2.07. The number of rotatable bonds is 5. The second-order valence-electron chi connectivity index (χ2n) is 3.12. The molecule has 1 aromatic rings. The van der Waals surface area contributed by atoms with Gasteiger partial charge < -0.3 is 5.32 Å². The molecule has 78 valence electrons. The molecular weight excluding hydrogens is 202 g/mol. The SMILES string of the molecule is Cc1cn[nH]c1NC(=O)CCCCCl. The molecule has 4 nitrogen and oxygen atoms in total. The number of anilines is 1. The fourth-order valence-electron chi connectivity index (χ4n) is 1.05. The Morgan fingerprint density at radius 3 is 3.00 bits per heavy atom. The van der Waals surface area contributed by atoms with Gasteiger partial charge in [-0.05, 0) is 19.8 Å². The van der Waals surface area contributed by atoms with Crippen molar-refractivity contribution >= 4 is 23.3 Å². The quantitative estimate of drug-likeness (QED) is 0.584. The topological polar surface area (TPSA) is 57.8 Å². The van der Waals surface area contributed by atoms with Crippen molar-refractivity contribution in [1.29, 1.82) is 0 Å². The van der Waals surface area contributed by atoms with Crippen LogP contribution in [0.15, 0.2) is 6.20 Å². The highest BCUT2D eigenvalue weighted by molar-refractivity contribution is 6.17. The van der Waals surface area contributed by atoms with E-state index in [0.717, 1.165) is 18.4 Å². The molecular formula is C9H14ClN3O. The van der Waals surface area contributed by atoms with Gasteiger partial charge in [0.1, 0.15) is 5.82 Å². The molecule has 14 heavy (non-hydrogen) atoms. The number of aryl methyl sites for hydroxylation is 1. The molecule has 1 aromatic heterocycles. The maximum absolute atomic E-state index is 11.3. The first-order chi connectivity index (χ1) is 6.74. The number of carbonyl (C=O) groups is 1. The van der Waals surface area contributed by atoms with Gasteiger partial charge in [-0.1, -0.05) is 0 Å². The number of unbranched alkanes of at least 4 members (excludes halogenated alkanes) is 1. The van der Waals surface area contributed by atoms with Gasteiger partial charge in [-0.2, -0.15) is 5.10 Å². The van der Waals surface area contributed by atoms with Crippen LogP contribution < -0.4 is 5.32 Å². The van der Waals surface area contributed by atoms with Crippen LogP contribution >= 0.6 is 11.6 Å². The molecule has 0 fully saturated rings. The molecule has 0 aliphatic heterocycles. The van der Waals surface area contributed by atoms with E-state index in [4.69, 9.17) is 11.6 Å². The summed E-state index contributed by atoms with van der Waals surface area (Å²) in [6, 6.07) is 0. The maximum Gasteiger partial charge on any atom is 0.225 e. The third-order valence-electron chi connectivity index (χ3n) is 1.88. The van der Waals surface area contributed by atoms with Crippen LogP contribution in [0.4, 0.5) is 5.82 Å². The zero-order valence-electron chi connectivity index (χ0n) is 8.14. The van der Waals surface area contributed by atoms with Crippen LogP contribution in [0.3, 0.4) is 0 Å². The summed E-state index contributed by atoms with van der Waals surface area (Å²) in [5.74, 6) is 1.29. The van der Waals surface area contributed by atoms with Gasteiger partial charge in [0.15, 0.2) is 0 Å². The number of halogens is 1. The Balaban J connectivity index is 2.31. The number of amides is 1. The highest BCUT2D eigenvalue weighted by Gasteiger charge is 2.05. The Labute approximate surface area is 88.0 Å². The standard InChI is InChI=1S/C9H14ClN3O/c1-7-6-11-13-9(7)12-8(14)4-2-3-5-10/h6H,2-5H2,1H3,(H2,11,12,13,14). The van der Waals surface area contributed by atoms with E-state index in [1.165, 1.54) is 0 Å². The Morgan fingerprint density at radius 1 is 1.64 bits per heavy atom. The van der Waals surface area contributed by atoms with E-state index in [0.29, 0.717) is 18.1 Å². The zero-order chi connectivity index (χ0) is 10.4. The molecule has 5 heteroatoms. The lowest BCUT2D eigenvalue weighted by Gasteiger charge is -2.02. The summed E-state index contributed by atoms with van der Waals surface area (Å²) in [5.41, 5.74) is 0.940. The lowest BCUT2D eigenvalue weighted by Crippen LogP contribution is -2.12. The second-order valence-corrected chi connectivity index (χ2v) is 3.50. The van der Waals surface area contributed by atoms with Crippen LogP contribution in [0.25, 0.3) is 0 Å². The van der Waals surface area contributed by atoms with Crippen molar-refractivity contribution in [3.05, 3.63) is 11.8 Å². The minimum atomic E-state index is 0.00228. The highest BCUT2D eigenvalue weighted by Crippen LogP contribution is 2.09. The molecule has 0 saturated carbocycles. The highest BCUT2D eigenvalue weighted by atomic mass is 35.5. The molecule has 1 rings (SSSR count). The lowest BCUT2D eigenvalue weighted by molar-refractivity contribution is -0.116. The van der Waals surface area contributed by atoms with Gasteiger partial charge in [0, 0.05) is 17.9 Å². The van der Waals surface area contributed by atoms with Crippen LogP contribution in [-0.4, -0.2) is 22.0 Å².